The molecule has 7 heteroatoms. The van der Waals surface area contributed by atoms with Gasteiger partial charge < -0.3 is 4.98 Å². The number of nitrogens with one attached hydrogen (secondary N) is 1. The molecule has 0 saturated heterocycles. The van der Waals surface area contributed by atoms with E-state index in [9.17, 15) is 4.79 Å². The number of aromatic nitrogens is 5. The summed E-state index contributed by atoms with van der Waals surface area (Å²) < 4.78 is 1.93. The second-order valence-corrected chi connectivity index (χ2v) is 10.1. The SMILES string of the molecule is Cc1cccc2cc(CN(C3CCCC3)[C@@H](c3nnnn3Cc3ccccc3)C(C)C)c(=O)[nH]c12. The van der Waals surface area contributed by atoms with E-state index >= 15 is 0 Å². The number of hydrogen-bond donors (Lipinski definition) is 1. The Morgan fingerprint density at radius 2 is 1.86 bits per heavy atom. The molecule has 2 aromatic carbocycles. The topological polar surface area (TPSA) is 79.7 Å². The van der Waals surface area contributed by atoms with Crippen LogP contribution in [0.2, 0.25) is 0 Å². The lowest BCUT2D eigenvalue weighted by Gasteiger charge is -2.38. The fourth-order valence-corrected chi connectivity index (χ4v) is 5.55. The molecule has 2 aromatic heterocycles. The molecule has 182 valence electrons. The Morgan fingerprint density at radius 1 is 1.09 bits per heavy atom. The van der Waals surface area contributed by atoms with Crippen molar-refractivity contribution in [2.24, 2.45) is 5.92 Å². The second-order valence-electron chi connectivity index (χ2n) is 10.1. The number of hydrogen-bond acceptors (Lipinski definition) is 5. The molecular formula is C28H34N6O. The van der Waals surface area contributed by atoms with Gasteiger partial charge in [0.05, 0.1) is 18.1 Å². The average Bonchev–Trinajstić information content (AvgIpc) is 3.53. The van der Waals surface area contributed by atoms with E-state index in [1.54, 1.807) is 0 Å². The van der Waals surface area contributed by atoms with Crippen molar-refractivity contribution >= 4 is 10.9 Å². The monoisotopic (exact) mass is 470 g/mol. The molecule has 2 heterocycles. The van der Waals surface area contributed by atoms with Gasteiger partial charge in [0, 0.05) is 18.2 Å². The zero-order valence-electron chi connectivity index (χ0n) is 20.8. The third-order valence-electron chi connectivity index (χ3n) is 7.30. The van der Waals surface area contributed by atoms with Crippen LogP contribution in [-0.4, -0.2) is 36.1 Å². The Bertz CT molecular complexity index is 1340. The Kier molecular flexibility index (Phi) is 6.77. The van der Waals surface area contributed by atoms with Crippen LogP contribution in [0.3, 0.4) is 0 Å². The van der Waals surface area contributed by atoms with E-state index in [0.29, 0.717) is 19.1 Å². The average molecular weight is 471 g/mol. The van der Waals surface area contributed by atoms with Crippen molar-refractivity contribution in [1.29, 1.82) is 0 Å². The summed E-state index contributed by atoms with van der Waals surface area (Å²) in [7, 11) is 0. The van der Waals surface area contributed by atoms with E-state index in [0.717, 1.165) is 46.3 Å². The van der Waals surface area contributed by atoms with Crippen LogP contribution < -0.4 is 5.56 Å². The van der Waals surface area contributed by atoms with E-state index in [-0.39, 0.29) is 17.5 Å². The minimum Gasteiger partial charge on any atom is -0.321 e. The van der Waals surface area contributed by atoms with Gasteiger partial charge in [0.2, 0.25) is 0 Å². The van der Waals surface area contributed by atoms with Gasteiger partial charge in [-0.25, -0.2) is 4.68 Å². The van der Waals surface area contributed by atoms with Crippen LogP contribution in [0, 0.1) is 12.8 Å². The smallest absolute Gasteiger partial charge is 0.252 e. The fraction of sp³-hybridized carbons (Fsp3) is 0.429. The highest BCUT2D eigenvalue weighted by Gasteiger charge is 2.35. The highest BCUT2D eigenvalue weighted by atomic mass is 16.1. The summed E-state index contributed by atoms with van der Waals surface area (Å²) in [6.45, 7) is 7.68. The van der Waals surface area contributed by atoms with Crippen LogP contribution in [0.25, 0.3) is 10.9 Å². The van der Waals surface area contributed by atoms with Gasteiger partial charge in [0.25, 0.3) is 5.56 Å². The van der Waals surface area contributed by atoms with Crippen molar-refractivity contribution in [1.82, 2.24) is 30.1 Å². The Labute approximate surface area is 206 Å². The van der Waals surface area contributed by atoms with Crippen LogP contribution in [0.1, 0.15) is 68.1 Å². The Morgan fingerprint density at radius 3 is 2.60 bits per heavy atom. The van der Waals surface area contributed by atoms with Gasteiger partial charge in [0.15, 0.2) is 5.82 Å². The molecule has 5 rings (SSSR count). The maximum atomic E-state index is 13.2. The highest BCUT2D eigenvalue weighted by Crippen LogP contribution is 2.36. The first-order valence-electron chi connectivity index (χ1n) is 12.7. The largest absolute Gasteiger partial charge is 0.321 e. The number of aryl methyl sites for hydroxylation is 1. The zero-order valence-corrected chi connectivity index (χ0v) is 20.8. The van der Waals surface area contributed by atoms with Crippen molar-refractivity contribution in [2.75, 3.05) is 0 Å². The third kappa shape index (κ3) is 4.91. The van der Waals surface area contributed by atoms with Gasteiger partial charge in [-0.05, 0) is 58.7 Å². The van der Waals surface area contributed by atoms with Crippen molar-refractivity contribution in [2.45, 2.75) is 71.6 Å². The number of tetrazole rings is 1. The van der Waals surface area contributed by atoms with Gasteiger partial charge in [-0.1, -0.05) is 75.2 Å². The van der Waals surface area contributed by atoms with Crippen molar-refractivity contribution < 1.29 is 0 Å². The zero-order chi connectivity index (χ0) is 24.4. The van der Waals surface area contributed by atoms with Crippen LogP contribution in [0.4, 0.5) is 0 Å². The van der Waals surface area contributed by atoms with E-state index < -0.39 is 0 Å². The molecule has 1 N–H and O–H groups in total. The first-order valence-corrected chi connectivity index (χ1v) is 12.7. The predicted molar refractivity (Wildman–Crippen MR) is 138 cm³/mol. The number of fused-ring (bicyclic) bond motifs is 1. The van der Waals surface area contributed by atoms with E-state index in [1.165, 1.54) is 12.8 Å². The molecule has 1 aliphatic rings. The molecule has 0 aliphatic heterocycles. The number of para-hydroxylation sites is 1. The minimum atomic E-state index is -0.0128. The lowest BCUT2D eigenvalue weighted by atomic mass is 9.97. The Hall–Kier alpha value is -3.32. The maximum absolute atomic E-state index is 13.2. The molecule has 0 unspecified atom stereocenters. The van der Waals surface area contributed by atoms with Crippen LogP contribution in [0.15, 0.2) is 59.4 Å². The lowest BCUT2D eigenvalue weighted by molar-refractivity contribution is 0.0844. The molecule has 0 bridgehead atoms. The van der Waals surface area contributed by atoms with E-state index in [4.69, 9.17) is 0 Å². The molecule has 1 aliphatic carbocycles. The number of benzene rings is 2. The number of nitrogens with zero attached hydrogens (tertiary/aromatic N) is 5. The van der Waals surface area contributed by atoms with Crippen molar-refractivity contribution in [3.63, 3.8) is 0 Å². The minimum absolute atomic E-state index is 0.00409. The van der Waals surface area contributed by atoms with Gasteiger partial charge in [-0.2, -0.15) is 0 Å². The molecule has 0 amide bonds. The third-order valence-corrected chi connectivity index (χ3v) is 7.30. The van der Waals surface area contributed by atoms with Gasteiger partial charge >= 0.3 is 0 Å². The van der Waals surface area contributed by atoms with Crippen molar-refractivity contribution in [3.05, 3.63) is 87.5 Å². The molecular weight excluding hydrogens is 436 g/mol. The predicted octanol–water partition coefficient (Wildman–Crippen LogP) is 5.01. The summed E-state index contributed by atoms with van der Waals surface area (Å²) in [6.07, 6.45) is 4.70. The normalized spacial score (nSPS) is 15.5. The highest BCUT2D eigenvalue weighted by molar-refractivity contribution is 5.81. The Balaban J connectivity index is 1.53. The summed E-state index contributed by atoms with van der Waals surface area (Å²) in [5.74, 6) is 1.14. The molecule has 1 saturated carbocycles. The quantitative estimate of drug-likeness (QED) is 0.391. The molecule has 0 radical (unpaired) electrons. The first kappa shape index (κ1) is 23.4. The summed E-state index contributed by atoms with van der Waals surface area (Å²) in [5.41, 5.74) is 3.95. The summed E-state index contributed by atoms with van der Waals surface area (Å²) in [4.78, 5) is 18.8. The van der Waals surface area contributed by atoms with Gasteiger partial charge in [-0.3, -0.25) is 9.69 Å². The maximum Gasteiger partial charge on any atom is 0.252 e. The lowest BCUT2D eigenvalue weighted by Crippen LogP contribution is -2.41. The summed E-state index contributed by atoms with van der Waals surface area (Å²) in [6, 6.07) is 18.9. The standard InChI is InChI=1S/C28H34N6O/c1-19(2)26(27-30-31-32-34(27)17-21-11-5-4-6-12-21)33(24-14-7-8-15-24)18-23-16-22-13-9-10-20(3)25(22)29-28(23)35/h4-6,9-13,16,19,24,26H,7-8,14-15,17-18H2,1-3H3,(H,29,35)/t26-/m1/s1. The molecule has 7 nitrogen and oxygen atoms in total. The van der Waals surface area contributed by atoms with Gasteiger partial charge in [0.1, 0.15) is 0 Å². The number of pyridine rings is 1. The second kappa shape index (κ2) is 10.1. The first-order chi connectivity index (χ1) is 17.0. The van der Waals surface area contributed by atoms with Gasteiger partial charge in [-0.15, -0.1) is 5.10 Å². The number of H-pyrrole nitrogens is 1. The van der Waals surface area contributed by atoms with Crippen LogP contribution in [-0.2, 0) is 13.1 Å². The molecule has 1 atom stereocenters. The molecule has 0 spiro atoms. The summed E-state index contributed by atoms with van der Waals surface area (Å²) >= 11 is 0. The molecule has 1 fully saturated rings. The fourth-order valence-electron chi connectivity index (χ4n) is 5.55. The molecule has 35 heavy (non-hydrogen) atoms. The number of aromatic amines is 1. The van der Waals surface area contributed by atoms with Crippen molar-refractivity contribution in [3.8, 4) is 0 Å². The van der Waals surface area contributed by atoms with E-state index in [2.05, 4.69) is 63.5 Å². The van der Waals surface area contributed by atoms with E-state index in [1.807, 2.05) is 41.9 Å². The van der Waals surface area contributed by atoms with Crippen LogP contribution >= 0.6 is 0 Å². The van der Waals surface area contributed by atoms with Crippen LogP contribution in [0.5, 0.6) is 0 Å². The number of rotatable bonds is 8. The molecule has 4 aromatic rings. The summed E-state index contributed by atoms with van der Waals surface area (Å²) in [5, 5.41) is 14.0.